The van der Waals surface area contributed by atoms with Crippen molar-refractivity contribution in [3.63, 3.8) is 0 Å². The highest BCUT2D eigenvalue weighted by atomic mass is 79.9. The molecule has 21 heavy (non-hydrogen) atoms. The van der Waals surface area contributed by atoms with Gasteiger partial charge in [0.15, 0.2) is 0 Å². The normalized spacial score (nSPS) is 12.6. The van der Waals surface area contributed by atoms with E-state index in [9.17, 15) is 0 Å². The van der Waals surface area contributed by atoms with Crippen molar-refractivity contribution in [1.29, 1.82) is 0 Å². The lowest BCUT2D eigenvalue weighted by Gasteiger charge is -2.21. The van der Waals surface area contributed by atoms with Gasteiger partial charge in [-0.15, -0.1) is 0 Å². The molecule has 0 amide bonds. The molecule has 0 aliphatic rings. The quantitative estimate of drug-likeness (QED) is 0.806. The number of hydrogen-bond donors (Lipinski definition) is 1. The molecular formula is C15H19BrClN3O. The van der Waals surface area contributed by atoms with Crippen LogP contribution in [-0.2, 0) is 11.3 Å². The monoisotopic (exact) mass is 371 g/mol. The molecule has 2 aromatic rings. The molecule has 1 unspecified atom stereocenters. The van der Waals surface area contributed by atoms with Crippen LogP contribution in [0.5, 0.6) is 0 Å². The Morgan fingerprint density at radius 3 is 2.86 bits per heavy atom. The smallest absolute Gasteiger partial charge is 0.0837 e. The zero-order valence-corrected chi connectivity index (χ0v) is 14.5. The third kappa shape index (κ3) is 3.86. The molecule has 2 rings (SSSR count). The predicted molar refractivity (Wildman–Crippen MR) is 88.8 cm³/mol. The second-order valence-electron chi connectivity index (χ2n) is 4.61. The summed E-state index contributed by atoms with van der Waals surface area (Å²) < 4.78 is 8.09. The van der Waals surface area contributed by atoms with Gasteiger partial charge < -0.3 is 10.1 Å². The lowest BCUT2D eigenvalue weighted by Crippen LogP contribution is -2.26. The molecule has 1 N–H and O–H groups in total. The zero-order valence-electron chi connectivity index (χ0n) is 12.1. The number of aromatic nitrogens is 2. The molecule has 0 saturated carbocycles. The molecule has 1 aromatic heterocycles. The maximum absolute atomic E-state index is 6.38. The molecule has 0 radical (unpaired) electrons. The Morgan fingerprint density at radius 2 is 2.19 bits per heavy atom. The Morgan fingerprint density at radius 1 is 1.43 bits per heavy atom. The molecule has 0 saturated heterocycles. The summed E-state index contributed by atoms with van der Waals surface area (Å²) in [7, 11) is 1.68. The van der Waals surface area contributed by atoms with Gasteiger partial charge in [-0.1, -0.05) is 52.7 Å². The van der Waals surface area contributed by atoms with E-state index in [2.05, 4.69) is 39.3 Å². The summed E-state index contributed by atoms with van der Waals surface area (Å²) in [6, 6.07) is 8.12. The number of hydrogen-bond acceptors (Lipinski definition) is 3. The van der Waals surface area contributed by atoms with Crippen LogP contribution in [-0.4, -0.2) is 30.0 Å². The molecule has 1 atom stereocenters. The Balaban J connectivity index is 2.43. The minimum absolute atomic E-state index is 0.0163. The van der Waals surface area contributed by atoms with Gasteiger partial charge in [0.25, 0.3) is 0 Å². The van der Waals surface area contributed by atoms with Crippen LogP contribution in [0.1, 0.15) is 24.2 Å². The molecule has 1 aromatic carbocycles. The summed E-state index contributed by atoms with van der Waals surface area (Å²) in [6.07, 6.45) is 1.69. The minimum atomic E-state index is -0.0163. The number of rotatable bonds is 7. The Labute approximate surface area is 138 Å². The molecule has 114 valence electrons. The number of ether oxygens (including phenoxy) is 1. The average Bonchev–Trinajstić information content (AvgIpc) is 2.84. The van der Waals surface area contributed by atoms with E-state index in [-0.39, 0.29) is 6.04 Å². The van der Waals surface area contributed by atoms with Gasteiger partial charge in [0.2, 0.25) is 0 Å². The molecule has 0 bridgehead atoms. The summed E-state index contributed by atoms with van der Waals surface area (Å²) in [5.74, 6) is 0. The van der Waals surface area contributed by atoms with Gasteiger partial charge in [-0.05, 0) is 18.2 Å². The van der Waals surface area contributed by atoms with Gasteiger partial charge in [0, 0.05) is 11.6 Å². The first-order chi connectivity index (χ1) is 10.2. The van der Waals surface area contributed by atoms with Crippen molar-refractivity contribution in [2.75, 3.05) is 20.3 Å². The van der Waals surface area contributed by atoms with Crippen molar-refractivity contribution < 1.29 is 4.74 Å². The van der Waals surface area contributed by atoms with Gasteiger partial charge in [0.05, 0.1) is 36.1 Å². The number of halogens is 2. The van der Waals surface area contributed by atoms with Gasteiger partial charge in [-0.2, -0.15) is 5.10 Å². The third-order valence-corrected chi connectivity index (χ3v) is 4.25. The Bertz CT molecular complexity index is 588. The molecular weight excluding hydrogens is 354 g/mol. The number of methoxy groups -OCH3 is 1. The molecule has 1 heterocycles. The largest absolute Gasteiger partial charge is 0.383 e. The van der Waals surface area contributed by atoms with Crippen LogP contribution in [0.3, 0.4) is 0 Å². The average molecular weight is 373 g/mol. The number of benzene rings is 1. The van der Waals surface area contributed by atoms with E-state index in [1.54, 1.807) is 13.3 Å². The summed E-state index contributed by atoms with van der Waals surface area (Å²) >= 11 is 9.99. The van der Waals surface area contributed by atoms with Crippen LogP contribution < -0.4 is 5.32 Å². The second kappa shape index (κ2) is 7.94. The third-order valence-electron chi connectivity index (χ3n) is 3.24. The SMILES string of the molecule is CCNC(c1ccccc1Br)c1c(Cl)cnn1CCOC. The van der Waals surface area contributed by atoms with E-state index in [1.165, 1.54) is 0 Å². The first-order valence-corrected chi connectivity index (χ1v) is 8.04. The van der Waals surface area contributed by atoms with E-state index in [0.717, 1.165) is 22.3 Å². The fourth-order valence-electron chi connectivity index (χ4n) is 2.28. The van der Waals surface area contributed by atoms with Crippen LogP contribution in [0.2, 0.25) is 5.02 Å². The summed E-state index contributed by atoms with van der Waals surface area (Å²) in [4.78, 5) is 0. The standard InChI is InChI=1S/C15H19BrClN3O/c1-3-18-14(11-6-4-5-7-12(11)16)15-13(17)10-19-20(15)8-9-21-2/h4-7,10,14,18H,3,8-9H2,1-2H3. The fraction of sp³-hybridized carbons (Fsp3) is 0.400. The van der Waals surface area contributed by atoms with Crippen LogP contribution in [0.4, 0.5) is 0 Å². The molecule has 4 nitrogen and oxygen atoms in total. The lowest BCUT2D eigenvalue weighted by molar-refractivity contribution is 0.182. The summed E-state index contributed by atoms with van der Waals surface area (Å²) in [6.45, 7) is 4.18. The van der Waals surface area contributed by atoms with Gasteiger partial charge in [0.1, 0.15) is 0 Å². The zero-order chi connectivity index (χ0) is 15.2. The van der Waals surface area contributed by atoms with Crippen molar-refractivity contribution in [3.8, 4) is 0 Å². The van der Waals surface area contributed by atoms with Crippen LogP contribution in [0.25, 0.3) is 0 Å². The fourth-order valence-corrected chi connectivity index (χ4v) is 3.05. The molecule has 0 aliphatic heterocycles. The first-order valence-electron chi connectivity index (χ1n) is 6.87. The lowest BCUT2D eigenvalue weighted by atomic mass is 10.0. The Hall–Kier alpha value is -0.880. The van der Waals surface area contributed by atoms with Gasteiger partial charge in [-0.3, -0.25) is 4.68 Å². The summed E-state index contributed by atoms with van der Waals surface area (Å²) in [5.41, 5.74) is 2.10. The molecule has 0 spiro atoms. The predicted octanol–water partition coefficient (Wildman–Crippen LogP) is 3.64. The van der Waals surface area contributed by atoms with Crippen molar-refractivity contribution >= 4 is 27.5 Å². The highest BCUT2D eigenvalue weighted by molar-refractivity contribution is 9.10. The van der Waals surface area contributed by atoms with Crippen LogP contribution >= 0.6 is 27.5 Å². The van der Waals surface area contributed by atoms with Crippen LogP contribution in [0, 0.1) is 0 Å². The van der Waals surface area contributed by atoms with E-state index >= 15 is 0 Å². The topological polar surface area (TPSA) is 39.1 Å². The van der Waals surface area contributed by atoms with Crippen molar-refractivity contribution in [2.45, 2.75) is 19.5 Å². The number of nitrogens with zero attached hydrogens (tertiary/aromatic N) is 2. The maximum atomic E-state index is 6.38. The van der Waals surface area contributed by atoms with Crippen molar-refractivity contribution in [2.24, 2.45) is 0 Å². The molecule has 0 aliphatic carbocycles. The summed E-state index contributed by atoms with van der Waals surface area (Å²) in [5, 5.41) is 8.50. The molecule has 0 fully saturated rings. The molecule has 6 heteroatoms. The van der Waals surface area contributed by atoms with Crippen molar-refractivity contribution in [1.82, 2.24) is 15.1 Å². The second-order valence-corrected chi connectivity index (χ2v) is 5.87. The maximum Gasteiger partial charge on any atom is 0.0837 e. The van der Waals surface area contributed by atoms with E-state index in [1.807, 2.05) is 22.9 Å². The van der Waals surface area contributed by atoms with E-state index in [0.29, 0.717) is 18.2 Å². The van der Waals surface area contributed by atoms with E-state index < -0.39 is 0 Å². The van der Waals surface area contributed by atoms with Gasteiger partial charge in [-0.25, -0.2) is 0 Å². The minimum Gasteiger partial charge on any atom is -0.383 e. The van der Waals surface area contributed by atoms with Crippen LogP contribution in [0.15, 0.2) is 34.9 Å². The highest BCUT2D eigenvalue weighted by Gasteiger charge is 2.23. The highest BCUT2D eigenvalue weighted by Crippen LogP contribution is 2.32. The Kier molecular flexibility index (Phi) is 6.23. The van der Waals surface area contributed by atoms with Gasteiger partial charge >= 0.3 is 0 Å². The van der Waals surface area contributed by atoms with E-state index in [4.69, 9.17) is 16.3 Å². The first kappa shape index (κ1) is 16.5. The van der Waals surface area contributed by atoms with Crippen molar-refractivity contribution in [3.05, 3.63) is 51.2 Å². The number of nitrogens with one attached hydrogen (secondary N) is 1.